The van der Waals surface area contributed by atoms with Crippen LogP contribution >= 0.6 is 0 Å². The van der Waals surface area contributed by atoms with Crippen LogP contribution in [0, 0.1) is 0 Å². The lowest BCUT2D eigenvalue weighted by Gasteiger charge is -2.07. The van der Waals surface area contributed by atoms with Crippen molar-refractivity contribution >= 4 is 17.0 Å². The zero-order valence-electron chi connectivity index (χ0n) is 13.0. The van der Waals surface area contributed by atoms with Crippen LogP contribution in [-0.2, 0) is 6.42 Å². The van der Waals surface area contributed by atoms with Crippen molar-refractivity contribution in [2.24, 2.45) is 0 Å². The minimum Gasteiger partial charge on any atom is -0.392 e. The lowest BCUT2D eigenvalue weighted by molar-refractivity contribution is 0.331. The fourth-order valence-electron chi connectivity index (χ4n) is 2.25. The molecule has 3 rings (SSSR count). The van der Waals surface area contributed by atoms with E-state index in [4.69, 9.17) is 5.11 Å². The van der Waals surface area contributed by atoms with Crippen molar-refractivity contribution in [1.29, 1.82) is 0 Å². The largest absolute Gasteiger partial charge is 0.392 e. The van der Waals surface area contributed by atoms with Crippen LogP contribution in [0.5, 0.6) is 0 Å². The normalized spacial score (nSPS) is 11.8. The second-order valence-electron chi connectivity index (χ2n) is 5.34. The van der Waals surface area contributed by atoms with Gasteiger partial charge in [-0.2, -0.15) is 0 Å². The molecule has 2 heterocycles. The Kier molecular flexibility index (Phi) is 4.63. The maximum atomic E-state index is 9.04. The summed E-state index contributed by atoms with van der Waals surface area (Å²) in [4.78, 5) is 16.4. The zero-order valence-corrected chi connectivity index (χ0v) is 13.0. The van der Waals surface area contributed by atoms with Crippen LogP contribution in [0.15, 0.2) is 48.3 Å². The lowest BCUT2D eigenvalue weighted by Crippen LogP contribution is -2.06. The van der Waals surface area contributed by atoms with Crippen molar-refractivity contribution in [3.8, 4) is 0 Å². The Balaban J connectivity index is 1.86. The van der Waals surface area contributed by atoms with Crippen LogP contribution in [0.25, 0.3) is 11.2 Å². The molecule has 6 nitrogen and oxygen atoms in total. The van der Waals surface area contributed by atoms with E-state index in [0.717, 1.165) is 28.3 Å². The van der Waals surface area contributed by atoms with E-state index in [1.54, 1.807) is 6.33 Å². The highest BCUT2D eigenvalue weighted by atomic mass is 16.3. The number of aromatic nitrogens is 4. The zero-order chi connectivity index (χ0) is 16.1. The van der Waals surface area contributed by atoms with E-state index < -0.39 is 0 Å². The Bertz CT molecular complexity index is 810. The summed E-state index contributed by atoms with van der Waals surface area (Å²) in [5, 5.41) is 12.3. The quantitative estimate of drug-likeness (QED) is 0.608. The molecule has 6 heteroatoms. The average molecular weight is 309 g/mol. The third kappa shape index (κ3) is 3.73. The van der Waals surface area contributed by atoms with Crippen molar-refractivity contribution in [3.05, 3.63) is 59.7 Å². The number of hydrogen-bond donors (Lipinski definition) is 3. The van der Waals surface area contributed by atoms with E-state index in [0.29, 0.717) is 18.6 Å². The van der Waals surface area contributed by atoms with E-state index in [-0.39, 0.29) is 6.61 Å². The van der Waals surface area contributed by atoms with Gasteiger partial charge < -0.3 is 15.4 Å². The van der Waals surface area contributed by atoms with Gasteiger partial charge in [-0.1, -0.05) is 42.0 Å². The van der Waals surface area contributed by atoms with Gasteiger partial charge in [-0.3, -0.25) is 0 Å². The van der Waals surface area contributed by atoms with Gasteiger partial charge in [-0.05, 0) is 12.5 Å². The summed E-state index contributed by atoms with van der Waals surface area (Å²) >= 11 is 0. The molecule has 23 heavy (non-hydrogen) atoms. The standard InChI is InChI=1S/C17H19N5O/c1-12(10-23)7-8-18-16-15-17(20-11-19-15)22-14(21-16)9-13-5-3-2-4-6-13/h2-7,11,23H,8-10H2,1H3,(H2,18,19,20,21,22). The maximum Gasteiger partial charge on any atom is 0.183 e. The molecule has 0 aliphatic heterocycles. The molecule has 3 aromatic rings. The lowest BCUT2D eigenvalue weighted by atomic mass is 10.1. The Hall–Kier alpha value is -2.73. The van der Waals surface area contributed by atoms with Crippen LogP contribution < -0.4 is 5.32 Å². The predicted molar refractivity (Wildman–Crippen MR) is 90.3 cm³/mol. The highest BCUT2D eigenvalue weighted by Crippen LogP contribution is 2.18. The first kappa shape index (κ1) is 15.2. The smallest absolute Gasteiger partial charge is 0.183 e. The Morgan fingerprint density at radius 3 is 2.87 bits per heavy atom. The van der Waals surface area contributed by atoms with Crippen molar-refractivity contribution in [2.45, 2.75) is 13.3 Å². The van der Waals surface area contributed by atoms with Crippen LogP contribution in [-0.4, -0.2) is 38.2 Å². The first-order valence-corrected chi connectivity index (χ1v) is 7.50. The summed E-state index contributed by atoms with van der Waals surface area (Å²) in [5.41, 5.74) is 3.51. The molecular weight excluding hydrogens is 290 g/mol. The van der Waals surface area contributed by atoms with Gasteiger partial charge in [0.1, 0.15) is 11.3 Å². The monoisotopic (exact) mass is 309 g/mol. The molecule has 2 aromatic heterocycles. The number of hydrogen-bond acceptors (Lipinski definition) is 5. The van der Waals surface area contributed by atoms with Gasteiger partial charge in [0.15, 0.2) is 11.5 Å². The second-order valence-corrected chi connectivity index (χ2v) is 5.34. The van der Waals surface area contributed by atoms with Crippen molar-refractivity contribution in [3.63, 3.8) is 0 Å². The number of benzene rings is 1. The number of aliphatic hydroxyl groups excluding tert-OH is 1. The Morgan fingerprint density at radius 1 is 1.26 bits per heavy atom. The first-order chi connectivity index (χ1) is 11.3. The van der Waals surface area contributed by atoms with Crippen molar-refractivity contribution in [2.75, 3.05) is 18.5 Å². The predicted octanol–water partition coefficient (Wildman–Crippen LogP) is 2.29. The number of fused-ring (bicyclic) bond motifs is 1. The molecule has 1 aromatic carbocycles. The van der Waals surface area contributed by atoms with Crippen molar-refractivity contribution < 1.29 is 5.11 Å². The Labute approximate surface area is 134 Å². The minimum atomic E-state index is 0.0597. The summed E-state index contributed by atoms with van der Waals surface area (Å²) in [6.07, 6.45) is 4.21. The minimum absolute atomic E-state index is 0.0597. The molecule has 0 aliphatic rings. The summed E-state index contributed by atoms with van der Waals surface area (Å²) in [7, 11) is 0. The maximum absolute atomic E-state index is 9.04. The molecule has 0 unspecified atom stereocenters. The van der Waals surface area contributed by atoms with Gasteiger partial charge in [0, 0.05) is 13.0 Å². The van der Waals surface area contributed by atoms with Crippen LogP contribution in [0.1, 0.15) is 18.3 Å². The molecule has 118 valence electrons. The van der Waals surface area contributed by atoms with Gasteiger partial charge in [-0.25, -0.2) is 15.0 Å². The third-order valence-corrected chi connectivity index (χ3v) is 3.51. The highest BCUT2D eigenvalue weighted by molar-refractivity contribution is 5.82. The van der Waals surface area contributed by atoms with E-state index >= 15 is 0 Å². The number of H-pyrrole nitrogens is 1. The van der Waals surface area contributed by atoms with Gasteiger partial charge in [0.2, 0.25) is 0 Å². The van der Waals surface area contributed by atoms with Gasteiger partial charge in [0.25, 0.3) is 0 Å². The molecule has 0 bridgehead atoms. The molecule has 0 aliphatic carbocycles. The summed E-state index contributed by atoms with van der Waals surface area (Å²) in [5.74, 6) is 1.45. The molecule has 0 saturated heterocycles. The van der Waals surface area contributed by atoms with Gasteiger partial charge >= 0.3 is 0 Å². The fourth-order valence-corrected chi connectivity index (χ4v) is 2.25. The summed E-state index contributed by atoms with van der Waals surface area (Å²) < 4.78 is 0. The van der Waals surface area contributed by atoms with Crippen LogP contribution in [0.3, 0.4) is 0 Å². The number of nitrogens with one attached hydrogen (secondary N) is 2. The first-order valence-electron chi connectivity index (χ1n) is 7.50. The highest BCUT2D eigenvalue weighted by Gasteiger charge is 2.09. The molecule has 0 saturated carbocycles. The van der Waals surface area contributed by atoms with Crippen molar-refractivity contribution in [1.82, 2.24) is 19.9 Å². The number of imidazole rings is 1. The molecule has 0 spiro atoms. The van der Waals surface area contributed by atoms with E-state index in [1.165, 1.54) is 0 Å². The van der Waals surface area contributed by atoms with Crippen LogP contribution in [0.4, 0.5) is 5.82 Å². The number of anilines is 1. The van der Waals surface area contributed by atoms with E-state index in [2.05, 4.69) is 37.4 Å². The Morgan fingerprint density at radius 2 is 2.09 bits per heavy atom. The summed E-state index contributed by atoms with van der Waals surface area (Å²) in [6.45, 7) is 2.53. The van der Waals surface area contributed by atoms with Crippen LogP contribution in [0.2, 0.25) is 0 Å². The number of rotatable bonds is 6. The second kappa shape index (κ2) is 7.02. The molecule has 3 N–H and O–H groups in total. The number of nitrogens with zero attached hydrogens (tertiary/aromatic N) is 3. The van der Waals surface area contributed by atoms with E-state index in [9.17, 15) is 0 Å². The van der Waals surface area contributed by atoms with Gasteiger partial charge in [0.05, 0.1) is 12.9 Å². The fraction of sp³-hybridized carbons (Fsp3) is 0.235. The molecule has 0 atom stereocenters. The SMILES string of the molecule is CC(=CCNc1nc(Cc2ccccc2)nc2nc[nH]c12)CO. The number of aromatic amines is 1. The molecule has 0 radical (unpaired) electrons. The molecular formula is C17H19N5O. The molecule has 0 amide bonds. The summed E-state index contributed by atoms with van der Waals surface area (Å²) in [6, 6.07) is 10.1. The number of aliphatic hydroxyl groups is 1. The third-order valence-electron chi connectivity index (χ3n) is 3.51. The molecule has 0 fully saturated rings. The topological polar surface area (TPSA) is 86.7 Å². The van der Waals surface area contributed by atoms with E-state index in [1.807, 2.05) is 31.2 Å². The average Bonchev–Trinajstić information content (AvgIpc) is 3.04. The van der Waals surface area contributed by atoms with Gasteiger partial charge in [-0.15, -0.1) is 0 Å².